The fourth-order valence-electron chi connectivity index (χ4n) is 4.14. The molecule has 0 aromatic heterocycles. The van der Waals surface area contributed by atoms with Gasteiger partial charge in [0.2, 0.25) is 0 Å². The molecule has 0 bridgehead atoms. The zero-order valence-corrected chi connectivity index (χ0v) is 14.1. The monoisotopic (exact) mass is 311 g/mol. The lowest BCUT2D eigenvalue weighted by Crippen LogP contribution is -2.49. The fourth-order valence-corrected chi connectivity index (χ4v) is 4.14. The van der Waals surface area contributed by atoms with Crippen molar-refractivity contribution < 1.29 is 14.6 Å². The van der Waals surface area contributed by atoms with E-state index in [0.717, 1.165) is 0 Å². The molecule has 4 nitrogen and oxygen atoms in total. The van der Waals surface area contributed by atoms with E-state index in [0.29, 0.717) is 25.2 Å². The molecule has 2 fully saturated rings. The van der Waals surface area contributed by atoms with Crippen LogP contribution < -0.4 is 0 Å². The Kier molecular flexibility index (Phi) is 7.67. The Morgan fingerprint density at radius 1 is 1.05 bits per heavy atom. The Labute approximate surface area is 135 Å². The minimum atomic E-state index is -0.385. The van der Waals surface area contributed by atoms with Crippen LogP contribution in [0.4, 0.5) is 0 Å². The van der Waals surface area contributed by atoms with Crippen molar-refractivity contribution in [2.45, 2.75) is 83.2 Å². The van der Waals surface area contributed by atoms with E-state index in [1.54, 1.807) is 0 Å². The van der Waals surface area contributed by atoms with Gasteiger partial charge in [-0.1, -0.05) is 38.5 Å². The number of aliphatic hydroxyl groups is 1. The van der Waals surface area contributed by atoms with Crippen molar-refractivity contribution in [2.24, 2.45) is 5.92 Å². The fraction of sp³-hybridized carbons (Fsp3) is 0.944. The molecule has 0 saturated heterocycles. The summed E-state index contributed by atoms with van der Waals surface area (Å²) in [7, 11) is 0. The van der Waals surface area contributed by atoms with E-state index >= 15 is 0 Å². The lowest BCUT2D eigenvalue weighted by atomic mass is 9.88. The van der Waals surface area contributed by atoms with E-state index in [-0.39, 0.29) is 18.5 Å². The number of rotatable bonds is 7. The van der Waals surface area contributed by atoms with Crippen LogP contribution in [-0.2, 0) is 9.53 Å². The summed E-state index contributed by atoms with van der Waals surface area (Å²) in [6, 6.07) is 1.20. The summed E-state index contributed by atoms with van der Waals surface area (Å²) in [6.45, 7) is 2.79. The lowest BCUT2D eigenvalue weighted by Gasteiger charge is -2.42. The maximum atomic E-state index is 12.1. The van der Waals surface area contributed by atoms with Crippen molar-refractivity contribution in [1.29, 1.82) is 0 Å². The normalized spacial score (nSPS) is 22.7. The summed E-state index contributed by atoms with van der Waals surface area (Å²) >= 11 is 0. The SMILES string of the molecule is CCOC(=O)C(CO)CN(C1CCCCC1)C1CCCCC1. The van der Waals surface area contributed by atoms with E-state index in [1.165, 1.54) is 64.2 Å². The van der Waals surface area contributed by atoms with Crippen LogP contribution in [0.25, 0.3) is 0 Å². The molecule has 2 aliphatic carbocycles. The number of nitrogens with zero attached hydrogens (tertiary/aromatic N) is 1. The Morgan fingerprint density at radius 2 is 1.55 bits per heavy atom. The second-order valence-corrected chi connectivity index (χ2v) is 6.91. The predicted octanol–water partition coefficient (Wildman–Crippen LogP) is 3.13. The van der Waals surface area contributed by atoms with E-state index < -0.39 is 0 Å². The van der Waals surface area contributed by atoms with Gasteiger partial charge in [0, 0.05) is 18.6 Å². The van der Waals surface area contributed by atoms with Crippen LogP contribution in [0.5, 0.6) is 0 Å². The van der Waals surface area contributed by atoms with Crippen LogP contribution >= 0.6 is 0 Å². The lowest BCUT2D eigenvalue weighted by molar-refractivity contribution is -0.150. The minimum absolute atomic E-state index is 0.102. The van der Waals surface area contributed by atoms with Crippen molar-refractivity contribution in [1.82, 2.24) is 4.90 Å². The maximum absolute atomic E-state index is 12.1. The maximum Gasteiger partial charge on any atom is 0.312 e. The van der Waals surface area contributed by atoms with Gasteiger partial charge in [-0.15, -0.1) is 0 Å². The number of hydrogen-bond acceptors (Lipinski definition) is 4. The molecule has 4 heteroatoms. The van der Waals surface area contributed by atoms with Crippen LogP contribution in [0.1, 0.15) is 71.1 Å². The highest BCUT2D eigenvalue weighted by molar-refractivity contribution is 5.72. The van der Waals surface area contributed by atoms with Gasteiger partial charge in [0.05, 0.1) is 19.1 Å². The second kappa shape index (κ2) is 9.51. The van der Waals surface area contributed by atoms with Gasteiger partial charge in [-0.2, -0.15) is 0 Å². The van der Waals surface area contributed by atoms with E-state index in [9.17, 15) is 9.90 Å². The van der Waals surface area contributed by atoms with E-state index in [2.05, 4.69) is 4.90 Å². The average Bonchev–Trinajstić information content (AvgIpc) is 2.57. The van der Waals surface area contributed by atoms with Gasteiger partial charge in [-0.25, -0.2) is 0 Å². The topological polar surface area (TPSA) is 49.8 Å². The molecule has 0 aliphatic heterocycles. The number of hydrogen-bond donors (Lipinski definition) is 1. The van der Waals surface area contributed by atoms with Crippen LogP contribution in [-0.4, -0.2) is 47.8 Å². The van der Waals surface area contributed by atoms with Crippen molar-refractivity contribution in [3.63, 3.8) is 0 Å². The van der Waals surface area contributed by atoms with Crippen molar-refractivity contribution in [3.8, 4) is 0 Å². The summed E-state index contributed by atoms with van der Waals surface area (Å²) in [5.74, 6) is -0.620. The predicted molar refractivity (Wildman–Crippen MR) is 87.7 cm³/mol. The third-order valence-electron chi connectivity index (χ3n) is 5.36. The molecule has 0 aromatic rings. The molecular weight excluding hydrogens is 278 g/mol. The number of esters is 1. The molecule has 0 amide bonds. The first-order valence-corrected chi connectivity index (χ1v) is 9.29. The molecule has 128 valence electrons. The zero-order valence-electron chi connectivity index (χ0n) is 14.1. The molecule has 22 heavy (non-hydrogen) atoms. The number of carbonyl (C=O) groups excluding carboxylic acids is 1. The minimum Gasteiger partial charge on any atom is -0.466 e. The van der Waals surface area contributed by atoms with Gasteiger partial charge in [-0.05, 0) is 32.6 Å². The standard InChI is InChI=1S/C18H33NO3/c1-2-22-18(21)15(14-20)13-19(16-9-5-3-6-10-16)17-11-7-4-8-12-17/h15-17,20H,2-14H2,1H3. The van der Waals surface area contributed by atoms with Crippen molar-refractivity contribution in [2.75, 3.05) is 19.8 Å². The molecule has 1 atom stereocenters. The molecule has 2 rings (SSSR count). The van der Waals surface area contributed by atoms with Gasteiger partial charge >= 0.3 is 5.97 Å². The molecule has 2 aliphatic rings. The van der Waals surface area contributed by atoms with Crippen LogP contribution in [0.2, 0.25) is 0 Å². The Bertz CT molecular complexity index is 304. The van der Waals surface area contributed by atoms with Gasteiger partial charge < -0.3 is 9.84 Å². The smallest absolute Gasteiger partial charge is 0.312 e. The zero-order chi connectivity index (χ0) is 15.8. The quantitative estimate of drug-likeness (QED) is 0.734. The van der Waals surface area contributed by atoms with Gasteiger partial charge in [-0.3, -0.25) is 9.69 Å². The number of ether oxygens (including phenoxy) is 1. The van der Waals surface area contributed by atoms with E-state index in [4.69, 9.17) is 4.74 Å². The largest absolute Gasteiger partial charge is 0.466 e. The highest BCUT2D eigenvalue weighted by Gasteiger charge is 2.32. The number of carbonyl (C=O) groups is 1. The van der Waals surface area contributed by atoms with Crippen LogP contribution in [0, 0.1) is 5.92 Å². The molecular formula is C18H33NO3. The second-order valence-electron chi connectivity index (χ2n) is 6.91. The van der Waals surface area contributed by atoms with Gasteiger partial charge in [0.15, 0.2) is 0 Å². The van der Waals surface area contributed by atoms with Gasteiger partial charge in [0.25, 0.3) is 0 Å². The first-order valence-electron chi connectivity index (χ1n) is 9.29. The Hall–Kier alpha value is -0.610. The van der Waals surface area contributed by atoms with E-state index in [1.807, 2.05) is 6.92 Å². The summed E-state index contributed by atoms with van der Waals surface area (Å²) in [4.78, 5) is 14.6. The summed E-state index contributed by atoms with van der Waals surface area (Å²) in [5, 5.41) is 9.64. The molecule has 1 N–H and O–H groups in total. The summed E-state index contributed by atoms with van der Waals surface area (Å²) in [6.07, 6.45) is 12.9. The third kappa shape index (κ3) is 4.95. The highest BCUT2D eigenvalue weighted by atomic mass is 16.5. The highest BCUT2D eigenvalue weighted by Crippen LogP contribution is 2.30. The number of aliphatic hydroxyl groups excluding tert-OH is 1. The van der Waals surface area contributed by atoms with Gasteiger partial charge in [0.1, 0.15) is 0 Å². The Balaban J connectivity index is 2.02. The first-order chi connectivity index (χ1) is 10.8. The van der Waals surface area contributed by atoms with Crippen molar-refractivity contribution >= 4 is 5.97 Å². The molecule has 2 saturated carbocycles. The first kappa shape index (κ1) is 17.7. The Morgan fingerprint density at radius 3 is 1.95 bits per heavy atom. The van der Waals surface area contributed by atoms with Crippen LogP contribution in [0.15, 0.2) is 0 Å². The molecule has 0 aromatic carbocycles. The molecule has 0 heterocycles. The molecule has 1 unspecified atom stereocenters. The summed E-state index contributed by atoms with van der Waals surface area (Å²) in [5.41, 5.74) is 0. The third-order valence-corrected chi connectivity index (χ3v) is 5.36. The average molecular weight is 311 g/mol. The van der Waals surface area contributed by atoms with Crippen molar-refractivity contribution in [3.05, 3.63) is 0 Å². The molecule has 0 spiro atoms. The summed E-state index contributed by atoms with van der Waals surface area (Å²) < 4.78 is 5.14. The molecule has 0 radical (unpaired) electrons. The van der Waals surface area contributed by atoms with Crippen LogP contribution in [0.3, 0.4) is 0 Å².